The van der Waals surface area contributed by atoms with Crippen molar-refractivity contribution in [2.75, 3.05) is 7.11 Å². The molecule has 0 radical (unpaired) electrons. The Kier molecular flexibility index (Phi) is 4.39. The minimum absolute atomic E-state index is 0.0324. The number of benzene rings is 2. The lowest BCUT2D eigenvalue weighted by atomic mass is 9.98. The van der Waals surface area contributed by atoms with Gasteiger partial charge < -0.3 is 4.74 Å². The van der Waals surface area contributed by atoms with E-state index in [1.165, 1.54) is 0 Å². The average Bonchev–Trinajstić information content (AvgIpc) is 3.21. The molecule has 2 aromatic carbocycles. The highest BCUT2D eigenvalue weighted by Gasteiger charge is 2.18. The molecule has 6 heteroatoms. The molecule has 148 valence electrons. The van der Waals surface area contributed by atoms with Crippen molar-refractivity contribution in [1.29, 1.82) is 0 Å². The number of pyridine rings is 1. The Labute approximate surface area is 174 Å². The van der Waals surface area contributed by atoms with Crippen molar-refractivity contribution >= 4 is 16.6 Å². The van der Waals surface area contributed by atoms with Crippen molar-refractivity contribution in [2.24, 2.45) is 0 Å². The molecule has 0 unspecified atom stereocenters. The highest BCUT2D eigenvalue weighted by molar-refractivity contribution is 5.79. The van der Waals surface area contributed by atoms with Gasteiger partial charge in [0, 0.05) is 23.1 Å². The summed E-state index contributed by atoms with van der Waals surface area (Å²) in [6.07, 6.45) is 1.81. The third-order valence-electron chi connectivity index (χ3n) is 5.49. The number of methoxy groups -OCH3 is 1. The lowest BCUT2D eigenvalue weighted by Gasteiger charge is -2.12. The summed E-state index contributed by atoms with van der Waals surface area (Å²) in [5.41, 5.74) is 5.82. The maximum absolute atomic E-state index is 5.37. The molecule has 3 heterocycles. The van der Waals surface area contributed by atoms with Gasteiger partial charge >= 0.3 is 0 Å². The van der Waals surface area contributed by atoms with Crippen LogP contribution in [0.15, 0.2) is 66.9 Å². The summed E-state index contributed by atoms with van der Waals surface area (Å²) < 4.78 is 7.21. The van der Waals surface area contributed by atoms with Crippen LogP contribution in [-0.4, -0.2) is 31.9 Å². The minimum Gasteiger partial charge on any atom is -0.496 e. The molecule has 0 aliphatic rings. The van der Waals surface area contributed by atoms with E-state index in [0.717, 1.165) is 50.5 Å². The SMILES string of the molecule is COc1ccc(-c2ccc3nnc([C@@H](C)c4ccc5ncccc5c4)n3n2)cc1C. The third-order valence-corrected chi connectivity index (χ3v) is 5.49. The van der Waals surface area contributed by atoms with Crippen molar-refractivity contribution in [1.82, 2.24) is 24.8 Å². The zero-order chi connectivity index (χ0) is 20.7. The van der Waals surface area contributed by atoms with Crippen LogP contribution in [0.3, 0.4) is 0 Å². The van der Waals surface area contributed by atoms with Gasteiger partial charge in [0.05, 0.1) is 18.3 Å². The number of aromatic nitrogens is 5. The molecule has 5 aromatic rings. The van der Waals surface area contributed by atoms with Crippen LogP contribution in [0.4, 0.5) is 0 Å². The molecular formula is C24H21N5O. The Morgan fingerprint density at radius 2 is 1.87 bits per heavy atom. The monoisotopic (exact) mass is 395 g/mol. The molecule has 5 rings (SSSR count). The summed E-state index contributed by atoms with van der Waals surface area (Å²) in [5, 5.41) is 14.7. The molecule has 1 atom stereocenters. The molecule has 0 aliphatic heterocycles. The molecule has 3 aromatic heterocycles. The first kappa shape index (κ1) is 18.2. The first-order valence-corrected chi connectivity index (χ1v) is 9.86. The number of nitrogens with zero attached hydrogens (tertiary/aromatic N) is 5. The van der Waals surface area contributed by atoms with E-state index in [-0.39, 0.29) is 5.92 Å². The van der Waals surface area contributed by atoms with Crippen molar-refractivity contribution in [3.05, 3.63) is 83.8 Å². The van der Waals surface area contributed by atoms with Crippen molar-refractivity contribution in [3.63, 3.8) is 0 Å². The smallest absolute Gasteiger partial charge is 0.177 e. The van der Waals surface area contributed by atoms with Crippen LogP contribution in [0.2, 0.25) is 0 Å². The summed E-state index contributed by atoms with van der Waals surface area (Å²) in [6.45, 7) is 4.15. The Hall–Kier alpha value is -3.80. The Bertz CT molecular complexity index is 1370. The summed E-state index contributed by atoms with van der Waals surface area (Å²) >= 11 is 0. The van der Waals surface area contributed by atoms with E-state index in [1.807, 2.05) is 54.0 Å². The van der Waals surface area contributed by atoms with Gasteiger partial charge in [-0.2, -0.15) is 9.61 Å². The molecule has 0 fully saturated rings. The van der Waals surface area contributed by atoms with Crippen LogP contribution in [0, 0.1) is 6.92 Å². The van der Waals surface area contributed by atoms with Crippen LogP contribution < -0.4 is 4.74 Å². The lowest BCUT2D eigenvalue weighted by Crippen LogP contribution is -2.06. The first-order valence-electron chi connectivity index (χ1n) is 9.86. The summed E-state index contributed by atoms with van der Waals surface area (Å²) in [4.78, 5) is 4.40. The van der Waals surface area contributed by atoms with E-state index in [0.29, 0.717) is 0 Å². The van der Waals surface area contributed by atoms with E-state index in [9.17, 15) is 0 Å². The largest absolute Gasteiger partial charge is 0.496 e. The fourth-order valence-electron chi connectivity index (χ4n) is 3.78. The fraction of sp³-hybridized carbons (Fsp3) is 0.167. The van der Waals surface area contributed by atoms with Gasteiger partial charge in [0.25, 0.3) is 0 Å². The van der Waals surface area contributed by atoms with Crippen molar-refractivity contribution in [3.8, 4) is 17.0 Å². The highest BCUT2D eigenvalue weighted by atomic mass is 16.5. The quantitative estimate of drug-likeness (QED) is 0.437. The fourth-order valence-corrected chi connectivity index (χ4v) is 3.78. The zero-order valence-electron chi connectivity index (χ0n) is 17.1. The summed E-state index contributed by atoms with van der Waals surface area (Å²) in [5.74, 6) is 1.70. The van der Waals surface area contributed by atoms with Gasteiger partial charge in [-0.15, -0.1) is 10.2 Å². The summed E-state index contributed by atoms with van der Waals surface area (Å²) in [6, 6.07) is 20.3. The number of rotatable bonds is 4. The van der Waals surface area contributed by atoms with Crippen LogP contribution >= 0.6 is 0 Å². The van der Waals surface area contributed by atoms with Crippen LogP contribution in [0.25, 0.3) is 27.8 Å². The lowest BCUT2D eigenvalue weighted by molar-refractivity contribution is 0.412. The molecule has 30 heavy (non-hydrogen) atoms. The van der Waals surface area contributed by atoms with Gasteiger partial charge in [-0.1, -0.05) is 19.1 Å². The van der Waals surface area contributed by atoms with E-state index in [2.05, 4.69) is 46.4 Å². The Morgan fingerprint density at radius 1 is 0.967 bits per heavy atom. The normalized spacial score (nSPS) is 12.4. The number of hydrogen-bond donors (Lipinski definition) is 0. The van der Waals surface area contributed by atoms with E-state index in [1.54, 1.807) is 7.11 Å². The Morgan fingerprint density at radius 3 is 2.70 bits per heavy atom. The molecule has 0 saturated carbocycles. The molecule has 0 aliphatic carbocycles. The maximum atomic E-state index is 5.37. The number of ether oxygens (including phenoxy) is 1. The number of fused-ring (bicyclic) bond motifs is 2. The molecule has 0 saturated heterocycles. The van der Waals surface area contributed by atoms with Gasteiger partial charge in [-0.05, 0) is 66.6 Å². The predicted molar refractivity (Wildman–Crippen MR) is 117 cm³/mol. The van der Waals surface area contributed by atoms with Gasteiger partial charge in [-0.25, -0.2) is 0 Å². The van der Waals surface area contributed by atoms with Gasteiger partial charge in [0.1, 0.15) is 5.75 Å². The first-order chi connectivity index (χ1) is 14.6. The second-order valence-electron chi connectivity index (χ2n) is 7.41. The third kappa shape index (κ3) is 3.06. The average molecular weight is 395 g/mol. The molecule has 0 spiro atoms. The second kappa shape index (κ2) is 7.22. The van der Waals surface area contributed by atoms with Gasteiger partial charge in [0.2, 0.25) is 0 Å². The molecule has 0 bridgehead atoms. The zero-order valence-corrected chi connectivity index (χ0v) is 17.1. The molecular weight excluding hydrogens is 374 g/mol. The van der Waals surface area contributed by atoms with Crippen molar-refractivity contribution in [2.45, 2.75) is 19.8 Å². The summed E-state index contributed by atoms with van der Waals surface area (Å²) in [7, 11) is 1.68. The maximum Gasteiger partial charge on any atom is 0.177 e. The number of hydrogen-bond acceptors (Lipinski definition) is 5. The van der Waals surface area contributed by atoms with Crippen molar-refractivity contribution < 1.29 is 4.74 Å². The van der Waals surface area contributed by atoms with Crippen LogP contribution in [0.1, 0.15) is 29.8 Å². The number of aryl methyl sites for hydroxylation is 1. The highest BCUT2D eigenvalue weighted by Crippen LogP contribution is 2.28. The van der Waals surface area contributed by atoms with Gasteiger partial charge in [-0.3, -0.25) is 4.98 Å². The molecule has 0 amide bonds. The predicted octanol–water partition coefficient (Wildman–Crippen LogP) is 4.81. The van der Waals surface area contributed by atoms with E-state index < -0.39 is 0 Å². The van der Waals surface area contributed by atoms with Gasteiger partial charge in [0.15, 0.2) is 11.5 Å². The second-order valence-corrected chi connectivity index (χ2v) is 7.41. The van der Waals surface area contributed by atoms with Crippen LogP contribution in [0.5, 0.6) is 5.75 Å². The van der Waals surface area contributed by atoms with Crippen LogP contribution in [-0.2, 0) is 0 Å². The standard InChI is InChI=1S/C24H21N5O/c1-15-13-19(7-10-22(15)30-3)21-9-11-23-26-27-24(29(23)28-21)16(2)17-6-8-20-18(14-17)5-4-12-25-20/h4-14,16H,1-3H3/t16-/m0/s1. The van der Waals surface area contributed by atoms with E-state index in [4.69, 9.17) is 9.84 Å². The Balaban J connectivity index is 1.57. The molecule has 0 N–H and O–H groups in total. The van der Waals surface area contributed by atoms with E-state index >= 15 is 0 Å². The minimum atomic E-state index is 0.0324. The molecule has 6 nitrogen and oxygen atoms in total. The topological polar surface area (TPSA) is 65.2 Å².